The van der Waals surface area contributed by atoms with Crippen molar-refractivity contribution in [3.05, 3.63) is 71.8 Å². The van der Waals surface area contributed by atoms with E-state index in [4.69, 9.17) is 9.47 Å². The molecule has 0 saturated carbocycles. The Morgan fingerprint density at radius 3 is 2.10 bits per heavy atom. The highest BCUT2D eigenvalue weighted by Crippen LogP contribution is 2.39. The van der Waals surface area contributed by atoms with Gasteiger partial charge in [-0.15, -0.1) is 0 Å². The summed E-state index contributed by atoms with van der Waals surface area (Å²) < 4.78 is 11.8. The zero-order chi connectivity index (χ0) is 14.9. The minimum Gasteiger partial charge on any atom is -0.339 e. The molecule has 0 unspecified atom stereocenters. The van der Waals surface area contributed by atoms with Crippen LogP contribution in [0.1, 0.15) is 35.9 Å². The van der Waals surface area contributed by atoms with Crippen LogP contribution in [0.15, 0.2) is 60.7 Å². The second-order valence-electron chi connectivity index (χ2n) is 5.62. The van der Waals surface area contributed by atoms with E-state index in [1.807, 2.05) is 62.4 Å². The van der Waals surface area contributed by atoms with Crippen molar-refractivity contribution in [3.8, 4) is 0 Å². The summed E-state index contributed by atoms with van der Waals surface area (Å²) in [6.07, 6.45) is -1.00. The maximum Gasteiger partial charge on any atom is 0.194 e. The number of hydrogen-bond donors (Lipinski definition) is 0. The lowest BCUT2D eigenvalue weighted by molar-refractivity contribution is -0.143. The van der Waals surface area contributed by atoms with E-state index >= 15 is 0 Å². The first-order chi connectivity index (χ1) is 10.1. The van der Waals surface area contributed by atoms with Crippen LogP contribution in [0, 0.1) is 0 Å². The lowest BCUT2D eigenvalue weighted by Crippen LogP contribution is -2.28. The zero-order valence-electron chi connectivity index (χ0n) is 12.2. The quantitative estimate of drug-likeness (QED) is 0.804. The van der Waals surface area contributed by atoms with Crippen molar-refractivity contribution < 1.29 is 14.3 Å². The van der Waals surface area contributed by atoms with Crippen molar-refractivity contribution in [2.24, 2.45) is 0 Å². The first kappa shape index (κ1) is 14.0. The van der Waals surface area contributed by atoms with Gasteiger partial charge >= 0.3 is 0 Å². The summed E-state index contributed by atoms with van der Waals surface area (Å²) in [5, 5.41) is 0. The molecule has 3 nitrogen and oxygen atoms in total. The molecule has 0 aromatic heterocycles. The highest BCUT2D eigenvalue weighted by molar-refractivity contribution is 6.00. The van der Waals surface area contributed by atoms with Gasteiger partial charge in [0.05, 0.1) is 0 Å². The van der Waals surface area contributed by atoms with E-state index in [0.717, 1.165) is 5.56 Å². The van der Waals surface area contributed by atoms with Crippen molar-refractivity contribution >= 4 is 5.78 Å². The number of ketones is 1. The molecule has 0 N–H and O–H groups in total. The number of carbonyl (C=O) groups excluding carboxylic acids is 1. The second-order valence-corrected chi connectivity index (χ2v) is 5.62. The summed E-state index contributed by atoms with van der Waals surface area (Å²) in [6.45, 7) is 3.67. The molecule has 0 amide bonds. The normalized spacial score (nSPS) is 23.9. The molecule has 0 radical (unpaired) electrons. The van der Waals surface area contributed by atoms with E-state index in [0.29, 0.717) is 5.56 Å². The Labute approximate surface area is 124 Å². The van der Waals surface area contributed by atoms with Crippen molar-refractivity contribution in [2.45, 2.75) is 31.8 Å². The Balaban J connectivity index is 1.93. The first-order valence-corrected chi connectivity index (χ1v) is 7.07. The lowest BCUT2D eigenvalue weighted by Gasteiger charge is -2.16. The maximum atomic E-state index is 12.7. The molecule has 1 heterocycles. The topological polar surface area (TPSA) is 35.5 Å². The van der Waals surface area contributed by atoms with Crippen molar-refractivity contribution in [2.75, 3.05) is 0 Å². The van der Waals surface area contributed by atoms with Crippen LogP contribution < -0.4 is 0 Å². The number of carbonyl (C=O) groups is 1. The summed E-state index contributed by atoms with van der Waals surface area (Å²) >= 11 is 0. The molecule has 0 aliphatic carbocycles. The highest BCUT2D eigenvalue weighted by Gasteiger charge is 2.45. The summed E-state index contributed by atoms with van der Waals surface area (Å²) in [5.74, 6) is -0.815. The predicted molar refractivity (Wildman–Crippen MR) is 80.0 cm³/mol. The summed E-state index contributed by atoms with van der Waals surface area (Å²) in [6, 6.07) is 18.9. The van der Waals surface area contributed by atoms with Crippen LogP contribution in [0.2, 0.25) is 0 Å². The van der Waals surface area contributed by atoms with E-state index < -0.39 is 11.9 Å². The van der Waals surface area contributed by atoms with E-state index in [9.17, 15) is 4.79 Å². The summed E-state index contributed by atoms with van der Waals surface area (Å²) in [7, 11) is 0. The van der Waals surface area contributed by atoms with Gasteiger partial charge in [0.2, 0.25) is 0 Å². The Kier molecular flexibility index (Phi) is 3.62. The Morgan fingerprint density at radius 1 is 0.905 bits per heavy atom. The molecule has 108 valence electrons. The van der Waals surface area contributed by atoms with Crippen LogP contribution in [-0.2, 0) is 9.47 Å². The number of hydrogen-bond acceptors (Lipinski definition) is 3. The molecule has 2 aromatic carbocycles. The molecule has 0 spiro atoms. The fraction of sp³-hybridized carbons (Fsp3) is 0.278. The van der Waals surface area contributed by atoms with Crippen LogP contribution in [0.25, 0.3) is 0 Å². The Morgan fingerprint density at radius 2 is 1.48 bits per heavy atom. The number of benzene rings is 2. The van der Waals surface area contributed by atoms with Crippen molar-refractivity contribution in [3.63, 3.8) is 0 Å². The van der Waals surface area contributed by atoms with Gasteiger partial charge in [-0.2, -0.15) is 0 Å². The molecule has 2 aromatic rings. The van der Waals surface area contributed by atoms with E-state index in [1.54, 1.807) is 12.1 Å². The molecule has 1 saturated heterocycles. The lowest BCUT2D eigenvalue weighted by atomic mass is 9.97. The van der Waals surface area contributed by atoms with Gasteiger partial charge in [0, 0.05) is 5.56 Å². The van der Waals surface area contributed by atoms with Gasteiger partial charge in [0.25, 0.3) is 0 Å². The van der Waals surface area contributed by atoms with Gasteiger partial charge in [-0.1, -0.05) is 60.7 Å². The average molecular weight is 282 g/mol. The molecule has 1 fully saturated rings. The smallest absolute Gasteiger partial charge is 0.194 e. The van der Waals surface area contributed by atoms with E-state index in [-0.39, 0.29) is 11.9 Å². The second kappa shape index (κ2) is 5.43. The van der Waals surface area contributed by atoms with Crippen molar-refractivity contribution in [1.29, 1.82) is 0 Å². The first-order valence-electron chi connectivity index (χ1n) is 7.07. The molecule has 3 heteroatoms. The van der Waals surface area contributed by atoms with Gasteiger partial charge in [-0.05, 0) is 19.4 Å². The third-order valence-corrected chi connectivity index (χ3v) is 3.54. The monoisotopic (exact) mass is 282 g/mol. The van der Waals surface area contributed by atoms with Gasteiger partial charge in [-0.25, -0.2) is 0 Å². The minimum absolute atomic E-state index is 0.0463. The van der Waals surface area contributed by atoms with E-state index in [2.05, 4.69) is 0 Å². The Bertz CT molecular complexity index is 619. The molecule has 3 rings (SSSR count). The fourth-order valence-electron chi connectivity index (χ4n) is 2.61. The zero-order valence-corrected chi connectivity index (χ0v) is 12.2. The number of ether oxygens (including phenoxy) is 2. The SMILES string of the molecule is CC1(C)O[C@H](C(=O)c2ccccc2)[C@@H](c2ccccc2)O1. The molecular weight excluding hydrogens is 264 g/mol. The molecule has 1 aliphatic heterocycles. The third-order valence-electron chi connectivity index (χ3n) is 3.54. The van der Waals surface area contributed by atoms with E-state index in [1.165, 1.54) is 0 Å². The van der Waals surface area contributed by atoms with Crippen LogP contribution in [0.3, 0.4) is 0 Å². The summed E-state index contributed by atoms with van der Waals surface area (Å²) in [5.41, 5.74) is 1.60. The van der Waals surface area contributed by atoms with Crippen LogP contribution in [0.5, 0.6) is 0 Å². The molecule has 1 aliphatic rings. The van der Waals surface area contributed by atoms with Gasteiger partial charge in [0.15, 0.2) is 17.7 Å². The molecule has 0 bridgehead atoms. The molecule has 2 atom stereocenters. The van der Waals surface area contributed by atoms with Crippen LogP contribution in [-0.4, -0.2) is 17.7 Å². The van der Waals surface area contributed by atoms with Gasteiger partial charge in [-0.3, -0.25) is 4.79 Å². The standard InChI is InChI=1S/C18H18O3/c1-18(2)20-16(14-11-7-4-8-12-14)17(21-18)15(19)13-9-5-3-6-10-13/h3-12,16-17H,1-2H3/t16-,17-/m1/s1. The van der Waals surface area contributed by atoms with Gasteiger partial charge in [0.1, 0.15) is 6.10 Å². The van der Waals surface area contributed by atoms with Crippen LogP contribution >= 0.6 is 0 Å². The third kappa shape index (κ3) is 2.89. The maximum absolute atomic E-state index is 12.7. The summed E-state index contributed by atoms with van der Waals surface area (Å²) in [4.78, 5) is 12.7. The highest BCUT2D eigenvalue weighted by atomic mass is 16.8. The predicted octanol–water partition coefficient (Wildman–Crippen LogP) is 3.76. The van der Waals surface area contributed by atoms with Crippen LogP contribution in [0.4, 0.5) is 0 Å². The molecular formula is C18H18O3. The average Bonchev–Trinajstić information content (AvgIpc) is 2.84. The van der Waals surface area contributed by atoms with Crippen molar-refractivity contribution in [1.82, 2.24) is 0 Å². The number of rotatable bonds is 3. The molecule has 21 heavy (non-hydrogen) atoms. The fourth-order valence-corrected chi connectivity index (χ4v) is 2.61. The largest absolute Gasteiger partial charge is 0.339 e. The minimum atomic E-state index is -0.768. The Hall–Kier alpha value is -1.97. The van der Waals surface area contributed by atoms with Gasteiger partial charge < -0.3 is 9.47 Å². The number of Topliss-reactive ketones (excluding diaryl/α,β-unsaturated/α-hetero) is 1.